The van der Waals surface area contributed by atoms with Crippen LogP contribution in [0.2, 0.25) is 0 Å². The van der Waals surface area contributed by atoms with Crippen LogP contribution in [0.3, 0.4) is 0 Å². The van der Waals surface area contributed by atoms with Crippen molar-refractivity contribution < 1.29 is 35.0 Å². The van der Waals surface area contributed by atoms with Gasteiger partial charge in [0, 0.05) is 10.8 Å². The van der Waals surface area contributed by atoms with Crippen molar-refractivity contribution in [1.82, 2.24) is 0 Å². The van der Waals surface area contributed by atoms with E-state index >= 15 is 0 Å². The Bertz CT molecular complexity index is 687. The number of aromatic hydroxyl groups is 2. The van der Waals surface area contributed by atoms with Crippen molar-refractivity contribution in [3.05, 3.63) is 30.3 Å². The average molecular weight is 308 g/mol. The second-order valence-electron chi connectivity index (χ2n) is 5.15. The van der Waals surface area contributed by atoms with Gasteiger partial charge in [0.15, 0.2) is 11.5 Å². The molecule has 5 N–H and O–H groups in total. The highest BCUT2D eigenvalue weighted by molar-refractivity contribution is 5.94. The van der Waals surface area contributed by atoms with Crippen LogP contribution < -0.4 is 4.74 Å². The Morgan fingerprint density at radius 1 is 0.955 bits per heavy atom. The number of rotatable bonds is 2. The molecule has 0 amide bonds. The third-order valence-corrected chi connectivity index (χ3v) is 3.67. The summed E-state index contributed by atoms with van der Waals surface area (Å²) in [4.78, 5) is 0. The molecule has 3 rings (SSSR count). The fourth-order valence-electron chi connectivity index (χ4n) is 2.41. The molecule has 22 heavy (non-hydrogen) atoms. The van der Waals surface area contributed by atoms with Crippen LogP contribution in [0.1, 0.15) is 0 Å². The van der Waals surface area contributed by atoms with Gasteiger partial charge in [-0.25, -0.2) is 0 Å². The SMILES string of the molecule is Oc1ccc2c(O[C@H]3OC[C@@H](O)[C@H](O)[C@H]3O)cccc2c1O. The molecule has 7 nitrogen and oxygen atoms in total. The molecule has 0 aliphatic carbocycles. The lowest BCUT2D eigenvalue weighted by Gasteiger charge is -2.35. The van der Waals surface area contributed by atoms with Gasteiger partial charge in [-0.1, -0.05) is 12.1 Å². The second-order valence-corrected chi connectivity index (χ2v) is 5.15. The minimum Gasteiger partial charge on any atom is -0.504 e. The first-order chi connectivity index (χ1) is 10.5. The van der Waals surface area contributed by atoms with Gasteiger partial charge in [0.05, 0.1) is 6.61 Å². The van der Waals surface area contributed by atoms with Crippen LogP contribution >= 0.6 is 0 Å². The van der Waals surface area contributed by atoms with Gasteiger partial charge in [0.25, 0.3) is 0 Å². The van der Waals surface area contributed by atoms with Crippen molar-refractivity contribution in [3.8, 4) is 17.2 Å². The predicted molar refractivity (Wildman–Crippen MR) is 75.7 cm³/mol. The molecule has 1 aliphatic heterocycles. The zero-order valence-corrected chi connectivity index (χ0v) is 11.5. The summed E-state index contributed by atoms with van der Waals surface area (Å²) in [5.41, 5.74) is 0. The Morgan fingerprint density at radius 3 is 2.50 bits per heavy atom. The minimum absolute atomic E-state index is 0.167. The van der Waals surface area contributed by atoms with Gasteiger partial charge in [0.1, 0.15) is 24.1 Å². The molecular formula is C15H16O7. The molecule has 0 aromatic heterocycles. The Hall–Kier alpha value is -2.06. The highest BCUT2D eigenvalue weighted by atomic mass is 16.7. The Kier molecular flexibility index (Phi) is 3.79. The van der Waals surface area contributed by atoms with Crippen LogP contribution in [0, 0.1) is 0 Å². The zero-order chi connectivity index (χ0) is 15.9. The van der Waals surface area contributed by atoms with E-state index < -0.39 is 24.6 Å². The van der Waals surface area contributed by atoms with Crippen molar-refractivity contribution >= 4 is 10.8 Å². The molecule has 0 saturated carbocycles. The number of phenols is 2. The number of fused-ring (bicyclic) bond motifs is 1. The zero-order valence-electron chi connectivity index (χ0n) is 11.5. The van der Waals surface area contributed by atoms with E-state index in [1.807, 2.05) is 0 Å². The van der Waals surface area contributed by atoms with Crippen LogP contribution in [0.15, 0.2) is 30.3 Å². The largest absolute Gasteiger partial charge is 0.504 e. The summed E-state index contributed by atoms with van der Waals surface area (Å²) >= 11 is 0. The molecule has 118 valence electrons. The van der Waals surface area contributed by atoms with E-state index in [9.17, 15) is 25.5 Å². The number of ether oxygens (including phenoxy) is 2. The van der Waals surface area contributed by atoms with Crippen LogP contribution in [-0.4, -0.2) is 56.7 Å². The van der Waals surface area contributed by atoms with Crippen molar-refractivity contribution in [3.63, 3.8) is 0 Å². The van der Waals surface area contributed by atoms with E-state index in [-0.39, 0.29) is 18.1 Å². The molecule has 1 aliphatic rings. The quantitative estimate of drug-likeness (QED) is 0.498. The summed E-state index contributed by atoms with van der Waals surface area (Å²) in [5.74, 6) is -0.221. The number of hydrogen-bond donors (Lipinski definition) is 5. The maximum absolute atomic E-state index is 9.89. The average Bonchev–Trinajstić information content (AvgIpc) is 2.52. The highest BCUT2D eigenvalue weighted by Crippen LogP contribution is 2.38. The second kappa shape index (κ2) is 5.62. The van der Waals surface area contributed by atoms with Gasteiger partial charge in [0.2, 0.25) is 6.29 Å². The van der Waals surface area contributed by atoms with Gasteiger partial charge in [-0.3, -0.25) is 0 Å². The normalized spacial score (nSPS) is 28.7. The molecule has 2 aromatic rings. The third-order valence-electron chi connectivity index (χ3n) is 3.67. The number of aliphatic hydroxyl groups excluding tert-OH is 3. The summed E-state index contributed by atoms with van der Waals surface area (Å²) in [7, 11) is 0. The molecule has 0 radical (unpaired) electrons. The number of phenolic OH excluding ortho intramolecular Hbond substituents is 2. The monoisotopic (exact) mass is 308 g/mol. The van der Waals surface area contributed by atoms with Gasteiger partial charge >= 0.3 is 0 Å². The molecule has 1 saturated heterocycles. The molecule has 0 unspecified atom stereocenters. The maximum Gasteiger partial charge on any atom is 0.228 e. The number of hydrogen-bond acceptors (Lipinski definition) is 7. The van der Waals surface area contributed by atoms with Gasteiger partial charge in [-0.2, -0.15) is 0 Å². The van der Waals surface area contributed by atoms with E-state index in [1.165, 1.54) is 6.07 Å². The molecule has 0 bridgehead atoms. The molecule has 4 atom stereocenters. The van der Waals surface area contributed by atoms with E-state index in [4.69, 9.17) is 9.47 Å². The van der Waals surface area contributed by atoms with E-state index in [0.717, 1.165) is 0 Å². The standard InChI is InChI=1S/C15H16O7/c16-9-5-4-7-8(12(9)18)2-1-3-11(7)22-15-14(20)13(19)10(17)6-21-15/h1-5,10,13-20H,6H2/t10-,13+,14-,15-/m1/s1. The first-order valence-corrected chi connectivity index (χ1v) is 6.75. The smallest absolute Gasteiger partial charge is 0.228 e. The molecular weight excluding hydrogens is 292 g/mol. The Balaban J connectivity index is 1.93. The lowest BCUT2D eigenvalue weighted by Crippen LogP contribution is -2.54. The highest BCUT2D eigenvalue weighted by Gasteiger charge is 2.39. The maximum atomic E-state index is 9.89. The predicted octanol–water partition coefficient (Wildman–Crippen LogP) is 0.0688. The van der Waals surface area contributed by atoms with Gasteiger partial charge in [-0.05, 0) is 18.2 Å². The fraction of sp³-hybridized carbons (Fsp3) is 0.333. The van der Waals surface area contributed by atoms with Crippen molar-refractivity contribution in [1.29, 1.82) is 0 Å². The van der Waals surface area contributed by atoms with Crippen molar-refractivity contribution in [2.45, 2.75) is 24.6 Å². The van der Waals surface area contributed by atoms with Crippen LogP contribution in [0.4, 0.5) is 0 Å². The summed E-state index contributed by atoms with van der Waals surface area (Å²) in [6, 6.07) is 7.69. The molecule has 2 aromatic carbocycles. The first kappa shape index (κ1) is 14.9. The summed E-state index contributed by atoms with van der Waals surface area (Å²) < 4.78 is 10.7. The Labute approximate surface area is 125 Å². The van der Waals surface area contributed by atoms with E-state index in [0.29, 0.717) is 16.5 Å². The van der Waals surface area contributed by atoms with Crippen molar-refractivity contribution in [2.75, 3.05) is 6.61 Å². The third kappa shape index (κ3) is 2.44. The minimum atomic E-state index is -1.41. The summed E-state index contributed by atoms with van der Waals surface area (Å²) in [6.45, 7) is -0.167. The van der Waals surface area contributed by atoms with Gasteiger partial charge < -0.3 is 35.0 Å². The van der Waals surface area contributed by atoms with Crippen LogP contribution in [0.5, 0.6) is 17.2 Å². The number of benzene rings is 2. The molecule has 1 fully saturated rings. The fourth-order valence-corrected chi connectivity index (χ4v) is 2.41. The lowest BCUT2D eigenvalue weighted by molar-refractivity contribution is -0.241. The first-order valence-electron chi connectivity index (χ1n) is 6.75. The van der Waals surface area contributed by atoms with Crippen LogP contribution in [0.25, 0.3) is 10.8 Å². The van der Waals surface area contributed by atoms with Gasteiger partial charge in [-0.15, -0.1) is 0 Å². The van der Waals surface area contributed by atoms with E-state index in [2.05, 4.69) is 0 Å². The summed E-state index contributed by atoms with van der Waals surface area (Å²) in [6.07, 6.45) is -5.11. The topological polar surface area (TPSA) is 120 Å². The van der Waals surface area contributed by atoms with E-state index in [1.54, 1.807) is 24.3 Å². The van der Waals surface area contributed by atoms with Crippen molar-refractivity contribution in [2.24, 2.45) is 0 Å². The van der Waals surface area contributed by atoms with Crippen LogP contribution in [-0.2, 0) is 4.74 Å². The lowest BCUT2D eigenvalue weighted by atomic mass is 10.1. The summed E-state index contributed by atoms with van der Waals surface area (Å²) in [5, 5.41) is 49.2. The molecule has 7 heteroatoms. The molecule has 0 spiro atoms. The Morgan fingerprint density at radius 2 is 1.73 bits per heavy atom. The number of aliphatic hydroxyl groups is 3. The molecule has 1 heterocycles.